The molecule has 0 bridgehead atoms. The lowest BCUT2D eigenvalue weighted by atomic mass is 9.95. The number of ether oxygens (including phenoxy) is 14. The molecule has 4 aromatic rings. The first-order chi connectivity index (χ1) is 41.9. The van der Waals surface area contributed by atoms with Gasteiger partial charge >= 0.3 is 0 Å². The van der Waals surface area contributed by atoms with Crippen LogP contribution in [-0.2, 0) is 28.4 Å². The Hall–Kier alpha value is -6.50. The molecular weight excluding hydrogens is 1180 g/mol. The fourth-order valence-electron chi connectivity index (χ4n) is 10.7. The summed E-state index contributed by atoms with van der Waals surface area (Å²) in [5.74, 6) is 0.0610. The van der Waals surface area contributed by atoms with Crippen molar-refractivity contribution in [1.82, 2.24) is 0 Å². The molecule has 0 spiro atoms. The van der Waals surface area contributed by atoms with Crippen LogP contribution in [0.3, 0.4) is 0 Å². The lowest BCUT2D eigenvalue weighted by Gasteiger charge is -2.42. The molecule has 30 heteroatoms. The van der Waals surface area contributed by atoms with E-state index in [2.05, 4.69) is 0 Å². The largest absolute Gasteiger partial charge is 0.507 e. The minimum Gasteiger partial charge on any atom is -0.507 e. The average molecular weight is 1250 g/mol. The molecule has 4 aromatic carbocycles. The Morgan fingerprint density at radius 2 is 0.818 bits per heavy atom. The van der Waals surface area contributed by atoms with Gasteiger partial charge in [0.25, 0.3) is 0 Å². The van der Waals surface area contributed by atoms with Gasteiger partial charge in [0.2, 0.25) is 12.6 Å². The Kier molecular flexibility index (Phi) is 20.8. The maximum absolute atomic E-state index is 13.1. The molecule has 0 aliphatic carbocycles. The van der Waals surface area contributed by atoms with Crippen LogP contribution in [0.4, 0.5) is 0 Å². The average Bonchev–Trinajstić information content (AvgIpc) is 1.38. The number of rotatable bonds is 16. The summed E-state index contributed by atoms with van der Waals surface area (Å²) in [5.41, 5.74) is 1.23. The highest BCUT2D eigenvalue weighted by molar-refractivity contribution is 6.03. The second-order valence-electron chi connectivity index (χ2n) is 21.6. The second-order valence-corrected chi connectivity index (χ2v) is 21.6. The highest BCUT2D eigenvalue weighted by Gasteiger charge is 2.50. The van der Waals surface area contributed by atoms with Gasteiger partial charge in [0.15, 0.2) is 47.1 Å². The van der Waals surface area contributed by atoms with Crippen molar-refractivity contribution in [3.63, 3.8) is 0 Å². The summed E-state index contributed by atoms with van der Waals surface area (Å²) < 4.78 is 77.9. The Labute approximate surface area is 501 Å². The van der Waals surface area contributed by atoms with Crippen LogP contribution in [0.1, 0.15) is 70.7 Å². The molecule has 0 saturated carbocycles. The third-order valence-corrected chi connectivity index (χ3v) is 15.8. The van der Waals surface area contributed by atoms with E-state index in [1.807, 2.05) is 0 Å². The van der Waals surface area contributed by atoms with Gasteiger partial charge in [-0.05, 0) is 49.2 Å². The van der Waals surface area contributed by atoms with Crippen LogP contribution < -0.4 is 37.9 Å². The smallest absolute Gasteiger partial charge is 0.229 e. The van der Waals surface area contributed by atoms with E-state index in [0.29, 0.717) is 22.6 Å². The number of phenols is 2. The number of fused-ring (bicyclic) bond motifs is 2. The Balaban J connectivity index is 0.000000209. The third-order valence-electron chi connectivity index (χ3n) is 15.8. The first-order valence-electron chi connectivity index (χ1n) is 27.8. The van der Waals surface area contributed by atoms with E-state index >= 15 is 0 Å². The molecule has 14 N–H and O–H groups in total. The molecule has 88 heavy (non-hydrogen) atoms. The number of Topliss-reactive ketones (excluding diaryl/α,β-unsaturated/α-hetero) is 2. The quantitative estimate of drug-likeness (QED) is 0.0594. The van der Waals surface area contributed by atoms with Crippen molar-refractivity contribution in [3.05, 3.63) is 82.9 Å². The van der Waals surface area contributed by atoms with E-state index in [9.17, 15) is 81.1 Å². The summed E-state index contributed by atoms with van der Waals surface area (Å²) in [7, 11) is 5.73. The molecule has 6 aliphatic heterocycles. The molecule has 4 fully saturated rings. The van der Waals surface area contributed by atoms with Gasteiger partial charge in [-0.3, -0.25) is 9.59 Å². The zero-order valence-corrected chi connectivity index (χ0v) is 48.1. The van der Waals surface area contributed by atoms with E-state index in [1.54, 1.807) is 30.3 Å². The molecule has 0 radical (unpaired) electrons. The third kappa shape index (κ3) is 13.6. The fraction of sp³-hybridized carbons (Fsp3) is 0.552. The number of ketones is 2. The Bertz CT molecular complexity index is 3070. The van der Waals surface area contributed by atoms with Crippen molar-refractivity contribution < 1.29 is 147 Å². The van der Waals surface area contributed by atoms with Crippen LogP contribution in [0.2, 0.25) is 0 Å². The summed E-state index contributed by atoms with van der Waals surface area (Å²) in [6.07, 6.45) is -31.2. The number of aliphatic hydroxyl groups excluding tert-OH is 12. The van der Waals surface area contributed by atoms with Gasteiger partial charge in [0.1, 0.15) is 143 Å². The summed E-state index contributed by atoms with van der Waals surface area (Å²) >= 11 is 0. The highest BCUT2D eigenvalue weighted by atomic mass is 16.7. The Morgan fingerprint density at radius 1 is 0.409 bits per heavy atom. The molecule has 6 aliphatic rings. The summed E-state index contributed by atoms with van der Waals surface area (Å²) in [6.45, 7) is 1.98. The van der Waals surface area contributed by atoms with E-state index < -0.39 is 154 Å². The van der Waals surface area contributed by atoms with Crippen molar-refractivity contribution in [3.8, 4) is 57.5 Å². The SMILES string of the molecule is COc1ccc(C2CC(=O)c3c(O)cc(OC4OC(COC5OC(C)C(O)C(O)C5O)C(O)C(O)C4O)cc3O2)cc1OC.COc1ccc(C2CC(=O)c3c(OC)cc(OC4OC(COC5OC(C)C(O)C(O)C5O)C(O)C(O)C4O)cc3O2)cc1O. The number of carbonyl (C=O) groups is 2. The van der Waals surface area contributed by atoms with E-state index in [-0.39, 0.29) is 75.8 Å². The Morgan fingerprint density at radius 3 is 1.28 bits per heavy atom. The molecule has 22 atom stereocenters. The normalized spacial score (nSPS) is 35.4. The van der Waals surface area contributed by atoms with Crippen molar-refractivity contribution >= 4 is 11.6 Å². The molecular formula is C58H72O30. The number of phenolic OH excluding ortho intramolecular Hbond substituents is 2. The van der Waals surface area contributed by atoms with Crippen molar-refractivity contribution in [1.29, 1.82) is 0 Å². The summed E-state index contributed by atoms with van der Waals surface area (Å²) in [6, 6.07) is 14.9. The first kappa shape index (κ1) is 65.9. The van der Waals surface area contributed by atoms with Crippen LogP contribution >= 0.6 is 0 Å². The number of hydrogen-bond donors (Lipinski definition) is 14. The second kappa shape index (κ2) is 27.7. The highest BCUT2D eigenvalue weighted by Crippen LogP contribution is 2.46. The minimum atomic E-state index is -1.76. The van der Waals surface area contributed by atoms with Gasteiger partial charge in [-0.25, -0.2) is 0 Å². The van der Waals surface area contributed by atoms with Crippen LogP contribution in [-0.4, -0.2) is 248 Å². The van der Waals surface area contributed by atoms with Gasteiger partial charge < -0.3 is 138 Å². The monoisotopic (exact) mass is 1250 g/mol. The maximum atomic E-state index is 13.1. The topological polar surface area (TPSA) is 447 Å². The maximum Gasteiger partial charge on any atom is 0.229 e. The molecule has 30 nitrogen and oxygen atoms in total. The van der Waals surface area contributed by atoms with Gasteiger partial charge in [-0.1, -0.05) is 12.1 Å². The number of hydrogen-bond acceptors (Lipinski definition) is 30. The molecule has 0 aromatic heterocycles. The van der Waals surface area contributed by atoms with E-state index in [1.165, 1.54) is 66.6 Å². The summed E-state index contributed by atoms with van der Waals surface area (Å²) in [4.78, 5) is 26.1. The molecule has 6 heterocycles. The lowest BCUT2D eigenvalue weighted by Crippen LogP contribution is -2.61. The zero-order valence-electron chi connectivity index (χ0n) is 48.1. The molecule has 4 saturated heterocycles. The van der Waals surface area contributed by atoms with Crippen molar-refractivity contribution in [2.24, 2.45) is 0 Å². The molecule has 22 unspecified atom stereocenters. The number of carbonyl (C=O) groups excluding carboxylic acids is 2. The van der Waals surface area contributed by atoms with E-state index in [4.69, 9.17) is 66.3 Å². The van der Waals surface area contributed by atoms with Crippen LogP contribution in [0.15, 0.2) is 60.7 Å². The van der Waals surface area contributed by atoms with Crippen LogP contribution in [0.5, 0.6) is 57.5 Å². The number of methoxy groups -OCH3 is 4. The van der Waals surface area contributed by atoms with Crippen LogP contribution in [0, 0.1) is 0 Å². The van der Waals surface area contributed by atoms with Crippen molar-refractivity contribution in [2.75, 3.05) is 41.7 Å². The predicted molar refractivity (Wildman–Crippen MR) is 291 cm³/mol. The number of benzene rings is 4. The zero-order chi connectivity index (χ0) is 63.7. The van der Waals surface area contributed by atoms with Crippen LogP contribution in [0.25, 0.3) is 0 Å². The lowest BCUT2D eigenvalue weighted by molar-refractivity contribution is -0.318. The minimum absolute atomic E-state index is 0.0000931. The van der Waals surface area contributed by atoms with Gasteiger partial charge in [0, 0.05) is 24.3 Å². The van der Waals surface area contributed by atoms with Gasteiger partial charge in [-0.15, -0.1) is 0 Å². The summed E-state index contributed by atoms with van der Waals surface area (Å²) in [5, 5.41) is 144. The van der Waals surface area contributed by atoms with E-state index in [0.717, 1.165) is 6.07 Å². The predicted octanol–water partition coefficient (Wildman–Crippen LogP) is -1.71. The standard InChI is InChI=1S/2C29H36O15/c1-11-22(32)24(34)26(36)28(41-11)40-10-20-23(33)25(35)27(37)29(44-20)42-13-7-14(30)21-15(31)9-17(43-19(21)8-13)12-4-5-16(38-2)18(6-12)39-3;1-11-22(32)24(34)26(36)28(41-11)40-10-20-23(33)25(35)27(37)29(44-20)42-13-7-18(39-3)21-15(31)9-17(43-19(21)8-13)12-4-5-16(38-2)14(30)6-12/h2*4-8,11,17,20,22-30,32-37H,9-10H2,1-3H3. The molecule has 484 valence electrons. The number of aromatic hydroxyl groups is 2. The van der Waals surface area contributed by atoms with Gasteiger partial charge in [0.05, 0.1) is 66.7 Å². The number of aliphatic hydroxyl groups is 12. The fourth-order valence-corrected chi connectivity index (χ4v) is 10.7. The van der Waals surface area contributed by atoms with Crippen molar-refractivity contribution in [2.45, 2.75) is 162 Å². The first-order valence-corrected chi connectivity index (χ1v) is 27.8. The molecule has 0 amide bonds. The van der Waals surface area contributed by atoms with Gasteiger partial charge in [-0.2, -0.15) is 0 Å². The molecule has 10 rings (SSSR count).